The predicted molar refractivity (Wildman–Crippen MR) is 108 cm³/mol. The summed E-state index contributed by atoms with van der Waals surface area (Å²) < 4.78 is 13.6. The molecule has 3 rings (SSSR count). The fraction of sp³-hybridized carbons (Fsp3) is 0.200. The Kier molecular flexibility index (Phi) is 6.16. The predicted octanol–water partition coefficient (Wildman–Crippen LogP) is 0.615. The number of aryl methyl sites for hydroxylation is 1. The number of hydrogen-bond acceptors (Lipinski definition) is 5. The molecule has 11 heteroatoms. The second-order valence-electron chi connectivity index (χ2n) is 6.86. The number of amides is 4. The maximum Gasteiger partial charge on any atom is 0.262 e. The molecule has 0 fully saturated rings. The molecule has 0 unspecified atom stereocenters. The van der Waals surface area contributed by atoms with Crippen LogP contribution in [0.5, 0.6) is 0 Å². The molecule has 2 heterocycles. The van der Waals surface area contributed by atoms with Gasteiger partial charge in [0, 0.05) is 22.6 Å². The lowest BCUT2D eigenvalue weighted by Gasteiger charge is -2.07. The van der Waals surface area contributed by atoms with E-state index in [0.717, 1.165) is 0 Å². The highest BCUT2D eigenvalue weighted by atomic mass is 19.1. The van der Waals surface area contributed by atoms with E-state index in [1.165, 1.54) is 23.7 Å². The number of hydrogen-bond donors (Lipinski definition) is 6. The summed E-state index contributed by atoms with van der Waals surface area (Å²) in [6.45, 7) is 2.52. The minimum absolute atomic E-state index is 0.257. The topological polar surface area (TPSA) is 152 Å². The summed E-state index contributed by atoms with van der Waals surface area (Å²) in [7, 11) is 0. The van der Waals surface area contributed by atoms with Crippen molar-refractivity contribution < 1.29 is 28.8 Å². The van der Waals surface area contributed by atoms with Crippen LogP contribution in [0.2, 0.25) is 0 Å². The SMILES string of the molecule is Cc1[nH]c(/C=C2\C(=O)Nc3ccc(F)cc32)c(C)c1C(=O)NCC(=O)NCC(=O)NO. The van der Waals surface area contributed by atoms with Crippen molar-refractivity contribution in [3.63, 3.8) is 0 Å². The molecule has 0 radical (unpaired) electrons. The Morgan fingerprint density at radius 3 is 2.55 bits per heavy atom. The van der Waals surface area contributed by atoms with E-state index in [2.05, 4.69) is 20.9 Å². The number of halogens is 1. The zero-order valence-corrected chi connectivity index (χ0v) is 16.7. The van der Waals surface area contributed by atoms with Crippen LogP contribution >= 0.6 is 0 Å². The van der Waals surface area contributed by atoms with Crippen LogP contribution in [0.1, 0.15) is 32.9 Å². The van der Waals surface area contributed by atoms with Crippen molar-refractivity contribution in [3.8, 4) is 0 Å². The van der Waals surface area contributed by atoms with Gasteiger partial charge in [-0.2, -0.15) is 0 Å². The van der Waals surface area contributed by atoms with Gasteiger partial charge in [0.15, 0.2) is 0 Å². The zero-order chi connectivity index (χ0) is 22.7. The van der Waals surface area contributed by atoms with Gasteiger partial charge in [0.2, 0.25) is 5.91 Å². The number of nitrogens with one attached hydrogen (secondary N) is 5. The van der Waals surface area contributed by atoms with Crippen molar-refractivity contribution in [2.45, 2.75) is 13.8 Å². The Bertz CT molecular complexity index is 1120. The fourth-order valence-electron chi connectivity index (χ4n) is 3.24. The number of aromatic amines is 1. The van der Waals surface area contributed by atoms with Gasteiger partial charge in [-0.3, -0.25) is 24.4 Å². The number of hydroxylamine groups is 1. The van der Waals surface area contributed by atoms with Crippen LogP contribution in [0, 0.1) is 19.7 Å². The highest BCUT2D eigenvalue weighted by molar-refractivity contribution is 6.34. The normalized spacial score (nSPS) is 13.5. The van der Waals surface area contributed by atoms with Crippen molar-refractivity contribution in [3.05, 3.63) is 52.1 Å². The van der Waals surface area contributed by atoms with Gasteiger partial charge in [0.25, 0.3) is 17.7 Å². The van der Waals surface area contributed by atoms with Crippen molar-refractivity contribution >= 4 is 41.0 Å². The second kappa shape index (κ2) is 8.79. The van der Waals surface area contributed by atoms with E-state index >= 15 is 0 Å². The van der Waals surface area contributed by atoms with E-state index in [9.17, 15) is 23.6 Å². The van der Waals surface area contributed by atoms with Crippen molar-refractivity contribution in [2.75, 3.05) is 18.4 Å². The van der Waals surface area contributed by atoms with Gasteiger partial charge in [0.1, 0.15) is 5.82 Å². The number of H-pyrrole nitrogens is 1. The van der Waals surface area contributed by atoms with E-state index in [-0.39, 0.29) is 18.0 Å². The number of carbonyl (C=O) groups is 4. The van der Waals surface area contributed by atoms with Gasteiger partial charge < -0.3 is 20.9 Å². The first-order chi connectivity index (χ1) is 14.7. The molecule has 4 amide bonds. The lowest BCUT2D eigenvalue weighted by atomic mass is 10.0. The standard InChI is InChI=1S/C20H20FN5O5/c1-9-15(6-13-12-5-11(21)3-4-14(12)25-19(13)29)24-10(2)18(9)20(30)23-7-16(27)22-8-17(28)26-31/h3-6,24,31H,7-8H2,1-2H3,(H,22,27)(H,23,30)(H,25,29)(H,26,28)/b13-6-. The van der Waals surface area contributed by atoms with Crippen LogP contribution in [-0.4, -0.2) is 46.9 Å². The summed E-state index contributed by atoms with van der Waals surface area (Å²) in [5.41, 5.74) is 4.39. The molecule has 1 aliphatic rings. The highest BCUT2D eigenvalue weighted by Crippen LogP contribution is 2.34. The first-order valence-electron chi connectivity index (χ1n) is 9.21. The Morgan fingerprint density at radius 1 is 1.13 bits per heavy atom. The van der Waals surface area contributed by atoms with Crippen LogP contribution in [0.15, 0.2) is 18.2 Å². The summed E-state index contributed by atoms with van der Waals surface area (Å²) in [6, 6.07) is 3.98. The molecular weight excluding hydrogens is 409 g/mol. The molecule has 10 nitrogen and oxygen atoms in total. The molecule has 0 bridgehead atoms. The van der Waals surface area contributed by atoms with Gasteiger partial charge in [-0.05, 0) is 43.7 Å². The molecule has 1 aromatic heterocycles. The maximum absolute atomic E-state index is 13.6. The van der Waals surface area contributed by atoms with E-state index in [1.54, 1.807) is 19.9 Å². The van der Waals surface area contributed by atoms with Gasteiger partial charge >= 0.3 is 0 Å². The van der Waals surface area contributed by atoms with Crippen molar-refractivity contribution in [1.29, 1.82) is 0 Å². The third-order valence-corrected chi connectivity index (χ3v) is 4.74. The average Bonchev–Trinajstić information content (AvgIpc) is 3.19. The van der Waals surface area contributed by atoms with Crippen LogP contribution in [-0.2, 0) is 14.4 Å². The molecule has 0 aliphatic carbocycles. The fourth-order valence-corrected chi connectivity index (χ4v) is 3.24. The number of benzene rings is 1. The Hall–Kier alpha value is -3.99. The van der Waals surface area contributed by atoms with E-state index in [0.29, 0.717) is 33.8 Å². The number of carbonyl (C=O) groups excluding carboxylic acids is 4. The van der Waals surface area contributed by atoms with Gasteiger partial charge in [-0.15, -0.1) is 0 Å². The quantitative estimate of drug-likeness (QED) is 0.226. The first-order valence-corrected chi connectivity index (χ1v) is 9.21. The first kappa shape index (κ1) is 21.7. The van der Waals surface area contributed by atoms with E-state index < -0.39 is 30.1 Å². The molecule has 162 valence electrons. The Balaban J connectivity index is 1.77. The zero-order valence-electron chi connectivity index (χ0n) is 16.7. The summed E-state index contributed by atoms with van der Waals surface area (Å²) in [4.78, 5) is 50.5. The average molecular weight is 429 g/mol. The van der Waals surface area contributed by atoms with Crippen molar-refractivity contribution in [1.82, 2.24) is 21.1 Å². The van der Waals surface area contributed by atoms with Gasteiger partial charge in [0.05, 0.1) is 24.2 Å². The number of aromatic nitrogens is 1. The minimum Gasteiger partial charge on any atom is -0.358 e. The molecule has 1 aliphatic heterocycles. The lowest BCUT2D eigenvalue weighted by Crippen LogP contribution is -2.41. The van der Waals surface area contributed by atoms with Gasteiger partial charge in [-0.1, -0.05) is 0 Å². The van der Waals surface area contributed by atoms with Crippen molar-refractivity contribution in [2.24, 2.45) is 0 Å². The molecule has 2 aromatic rings. The van der Waals surface area contributed by atoms with Crippen LogP contribution in [0.4, 0.5) is 10.1 Å². The number of rotatable bonds is 6. The Labute approximate surface area is 175 Å². The number of anilines is 1. The summed E-state index contributed by atoms with van der Waals surface area (Å²) in [6.07, 6.45) is 1.54. The molecule has 0 spiro atoms. The smallest absolute Gasteiger partial charge is 0.262 e. The molecule has 0 saturated carbocycles. The molecular formula is C20H20FN5O5. The lowest BCUT2D eigenvalue weighted by molar-refractivity contribution is -0.130. The van der Waals surface area contributed by atoms with E-state index in [4.69, 9.17) is 5.21 Å². The largest absolute Gasteiger partial charge is 0.358 e. The van der Waals surface area contributed by atoms with Gasteiger partial charge in [-0.25, -0.2) is 9.87 Å². The molecule has 31 heavy (non-hydrogen) atoms. The molecule has 0 saturated heterocycles. The molecule has 1 aromatic carbocycles. The molecule has 0 atom stereocenters. The number of fused-ring (bicyclic) bond motifs is 1. The third-order valence-electron chi connectivity index (χ3n) is 4.74. The summed E-state index contributed by atoms with van der Waals surface area (Å²) in [5.74, 6) is -2.81. The van der Waals surface area contributed by atoms with Crippen LogP contribution in [0.25, 0.3) is 11.6 Å². The highest BCUT2D eigenvalue weighted by Gasteiger charge is 2.26. The summed E-state index contributed by atoms with van der Waals surface area (Å²) >= 11 is 0. The van der Waals surface area contributed by atoms with Crippen LogP contribution < -0.4 is 21.4 Å². The maximum atomic E-state index is 13.6. The summed E-state index contributed by atoms with van der Waals surface area (Å²) in [5, 5.41) is 15.7. The molecule has 6 N–H and O–H groups in total. The third kappa shape index (κ3) is 4.61. The monoisotopic (exact) mass is 429 g/mol. The van der Waals surface area contributed by atoms with Crippen LogP contribution in [0.3, 0.4) is 0 Å². The minimum atomic E-state index is -0.799. The second-order valence-corrected chi connectivity index (χ2v) is 6.86. The Morgan fingerprint density at radius 2 is 1.84 bits per heavy atom. The van der Waals surface area contributed by atoms with E-state index in [1.807, 2.05) is 0 Å².